The first-order valence-electron chi connectivity index (χ1n) is 6.61. The molecule has 0 spiro atoms. The van der Waals surface area contributed by atoms with Crippen LogP contribution < -0.4 is 5.32 Å². The molecule has 2 heteroatoms. The molecule has 1 aliphatic rings. The monoisotopic (exact) mass is 232 g/mol. The van der Waals surface area contributed by atoms with Crippen molar-refractivity contribution in [2.45, 2.75) is 19.3 Å². The number of fused-ring (bicyclic) bond motifs is 1. The molecule has 0 amide bonds. The number of nitrogens with one attached hydrogen (secondary N) is 1. The first kappa shape index (κ1) is 12.6. The number of likely N-dealkylation sites (N-methyl/N-ethyl adjacent to an activating group) is 1. The third-order valence-corrected chi connectivity index (χ3v) is 3.67. The molecule has 0 saturated carbocycles. The van der Waals surface area contributed by atoms with Crippen LogP contribution >= 0.6 is 0 Å². The van der Waals surface area contributed by atoms with Gasteiger partial charge in [0.15, 0.2) is 0 Å². The van der Waals surface area contributed by atoms with E-state index in [0.29, 0.717) is 0 Å². The standard InChI is InChI=1S/C15H24N2/c1-12(9-16-2)10-17(3)11-14-8-13-6-4-5-7-15(13)14/h4-7,12,14,16H,8-11H2,1-3H3. The summed E-state index contributed by atoms with van der Waals surface area (Å²) in [4.78, 5) is 2.47. The van der Waals surface area contributed by atoms with Crippen LogP contribution in [0.25, 0.3) is 0 Å². The second-order valence-corrected chi connectivity index (χ2v) is 5.48. The summed E-state index contributed by atoms with van der Waals surface area (Å²) >= 11 is 0. The quantitative estimate of drug-likeness (QED) is 0.808. The lowest BCUT2D eigenvalue weighted by Gasteiger charge is -2.34. The molecule has 0 fully saturated rings. The maximum absolute atomic E-state index is 3.24. The van der Waals surface area contributed by atoms with E-state index in [1.165, 1.54) is 19.5 Å². The summed E-state index contributed by atoms with van der Waals surface area (Å²) in [6.45, 7) is 5.79. The van der Waals surface area contributed by atoms with Crippen LogP contribution in [0, 0.1) is 5.92 Å². The predicted octanol–water partition coefficient (Wildman–Crippen LogP) is 2.11. The zero-order valence-corrected chi connectivity index (χ0v) is 11.2. The second-order valence-electron chi connectivity index (χ2n) is 5.48. The van der Waals surface area contributed by atoms with Crippen molar-refractivity contribution in [3.05, 3.63) is 35.4 Å². The number of benzene rings is 1. The Labute approximate surface area is 105 Å². The lowest BCUT2D eigenvalue weighted by atomic mass is 9.77. The zero-order chi connectivity index (χ0) is 12.3. The van der Waals surface area contributed by atoms with Crippen molar-refractivity contribution >= 4 is 0 Å². The van der Waals surface area contributed by atoms with Gasteiger partial charge in [0.2, 0.25) is 0 Å². The van der Waals surface area contributed by atoms with Crippen molar-refractivity contribution in [1.29, 1.82) is 0 Å². The first-order chi connectivity index (χ1) is 8.20. The van der Waals surface area contributed by atoms with Crippen molar-refractivity contribution in [2.75, 3.05) is 33.7 Å². The Bertz CT molecular complexity index is 362. The fourth-order valence-electron chi connectivity index (χ4n) is 2.92. The molecule has 0 saturated heterocycles. The highest BCUT2D eigenvalue weighted by atomic mass is 15.1. The van der Waals surface area contributed by atoms with E-state index < -0.39 is 0 Å². The summed E-state index contributed by atoms with van der Waals surface area (Å²) in [5, 5.41) is 3.24. The van der Waals surface area contributed by atoms with E-state index in [1.807, 2.05) is 7.05 Å². The molecule has 1 aromatic carbocycles. The fraction of sp³-hybridized carbons (Fsp3) is 0.600. The van der Waals surface area contributed by atoms with Crippen LogP contribution in [0.3, 0.4) is 0 Å². The topological polar surface area (TPSA) is 15.3 Å². The average Bonchev–Trinajstić information content (AvgIpc) is 2.26. The predicted molar refractivity (Wildman–Crippen MR) is 73.5 cm³/mol. The van der Waals surface area contributed by atoms with Crippen LogP contribution in [0.2, 0.25) is 0 Å². The summed E-state index contributed by atoms with van der Waals surface area (Å²) in [5.74, 6) is 1.48. The number of hydrogen-bond acceptors (Lipinski definition) is 2. The highest BCUT2D eigenvalue weighted by Gasteiger charge is 2.26. The molecule has 2 nitrogen and oxygen atoms in total. The zero-order valence-electron chi connectivity index (χ0n) is 11.2. The molecule has 2 rings (SSSR count). The van der Waals surface area contributed by atoms with Gasteiger partial charge in [-0.2, -0.15) is 0 Å². The molecule has 1 aromatic rings. The van der Waals surface area contributed by atoms with Crippen LogP contribution in [0.15, 0.2) is 24.3 Å². The van der Waals surface area contributed by atoms with Gasteiger partial charge >= 0.3 is 0 Å². The van der Waals surface area contributed by atoms with Gasteiger partial charge in [0, 0.05) is 19.0 Å². The minimum Gasteiger partial charge on any atom is -0.319 e. The molecule has 1 aliphatic carbocycles. The Balaban J connectivity index is 1.80. The van der Waals surface area contributed by atoms with Crippen LogP contribution in [0.5, 0.6) is 0 Å². The van der Waals surface area contributed by atoms with Gasteiger partial charge in [-0.1, -0.05) is 31.2 Å². The smallest absolute Gasteiger partial charge is 0.00506 e. The average molecular weight is 232 g/mol. The van der Waals surface area contributed by atoms with Gasteiger partial charge in [-0.25, -0.2) is 0 Å². The van der Waals surface area contributed by atoms with Crippen molar-refractivity contribution in [3.63, 3.8) is 0 Å². The van der Waals surface area contributed by atoms with E-state index >= 15 is 0 Å². The van der Waals surface area contributed by atoms with Crippen molar-refractivity contribution < 1.29 is 0 Å². The SMILES string of the molecule is CNCC(C)CN(C)CC1Cc2ccccc21. The molecule has 0 aliphatic heterocycles. The molecule has 94 valence electrons. The summed E-state index contributed by atoms with van der Waals surface area (Å²) in [6, 6.07) is 8.85. The Morgan fingerprint density at radius 1 is 1.41 bits per heavy atom. The molecular weight excluding hydrogens is 208 g/mol. The van der Waals surface area contributed by atoms with Crippen molar-refractivity contribution in [1.82, 2.24) is 10.2 Å². The van der Waals surface area contributed by atoms with E-state index in [4.69, 9.17) is 0 Å². The van der Waals surface area contributed by atoms with Crippen LogP contribution in [0.1, 0.15) is 24.0 Å². The summed E-state index contributed by atoms with van der Waals surface area (Å²) in [5.41, 5.74) is 3.12. The van der Waals surface area contributed by atoms with Crippen LogP contribution in [-0.4, -0.2) is 38.6 Å². The van der Waals surface area contributed by atoms with Crippen LogP contribution in [-0.2, 0) is 6.42 Å². The molecule has 2 unspecified atom stereocenters. The minimum atomic E-state index is 0.723. The fourth-order valence-corrected chi connectivity index (χ4v) is 2.92. The van der Waals surface area contributed by atoms with Gasteiger partial charge in [-0.05, 0) is 44.1 Å². The van der Waals surface area contributed by atoms with Gasteiger partial charge in [-0.3, -0.25) is 0 Å². The normalized spacial score (nSPS) is 19.9. The van der Waals surface area contributed by atoms with Gasteiger partial charge in [0.25, 0.3) is 0 Å². The van der Waals surface area contributed by atoms with E-state index in [9.17, 15) is 0 Å². The maximum atomic E-state index is 3.24. The summed E-state index contributed by atoms with van der Waals surface area (Å²) in [6.07, 6.45) is 1.26. The molecule has 0 radical (unpaired) electrons. The number of nitrogens with zero attached hydrogens (tertiary/aromatic N) is 1. The van der Waals surface area contributed by atoms with Gasteiger partial charge in [0.1, 0.15) is 0 Å². The van der Waals surface area contributed by atoms with E-state index in [-0.39, 0.29) is 0 Å². The molecule has 2 atom stereocenters. The maximum Gasteiger partial charge on any atom is 0.00506 e. The second kappa shape index (κ2) is 5.65. The Morgan fingerprint density at radius 2 is 2.18 bits per heavy atom. The first-order valence-corrected chi connectivity index (χ1v) is 6.61. The van der Waals surface area contributed by atoms with Gasteiger partial charge < -0.3 is 10.2 Å². The van der Waals surface area contributed by atoms with E-state index in [1.54, 1.807) is 11.1 Å². The molecule has 17 heavy (non-hydrogen) atoms. The highest BCUT2D eigenvalue weighted by molar-refractivity contribution is 5.40. The van der Waals surface area contributed by atoms with Gasteiger partial charge in [-0.15, -0.1) is 0 Å². The summed E-state index contributed by atoms with van der Waals surface area (Å²) < 4.78 is 0. The Hall–Kier alpha value is -0.860. The van der Waals surface area contributed by atoms with Crippen molar-refractivity contribution in [3.8, 4) is 0 Å². The summed E-state index contributed by atoms with van der Waals surface area (Å²) in [7, 11) is 4.27. The number of hydrogen-bond donors (Lipinski definition) is 1. The Kier molecular flexibility index (Phi) is 4.19. The van der Waals surface area contributed by atoms with E-state index in [0.717, 1.165) is 18.4 Å². The molecule has 0 heterocycles. The lowest BCUT2D eigenvalue weighted by Crippen LogP contribution is -2.35. The third-order valence-electron chi connectivity index (χ3n) is 3.67. The molecule has 1 N–H and O–H groups in total. The number of rotatable bonds is 6. The largest absolute Gasteiger partial charge is 0.319 e. The van der Waals surface area contributed by atoms with Crippen LogP contribution in [0.4, 0.5) is 0 Å². The lowest BCUT2D eigenvalue weighted by molar-refractivity contribution is 0.259. The van der Waals surface area contributed by atoms with Gasteiger partial charge in [0.05, 0.1) is 0 Å². The molecular formula is C15H24N2. The Morgan fingerprint density at radius 3 is 2.88 bits per heavy atom. The third kappa shape index (κ3) is 3.08. The highest BCUT2D eigenvalue weighted by Crippen LogP contribution is 2.35. The molecule has 0 bridgehead atoms. The van der Waals surface area contributed by atoms with E-state index in [2.05, 4.69) is 48.5 Å². The van der Waals surface area contributed by atoms with Crippen molar-refractivity contribution in [2.24, 2.45) is 5.92 Å². The minimum absolute atomic E-state index is 0.723. The molecule has 0 aromatic heterocycles.